The van der Waals surface area contributed by atoms with Crippen LogP contribution in [0.25, 0.3) is 0 Å². The zero-order chi connectivity index (χ0) is 33.7. The maximum absolute atomic E-state index is 12.6. The van der Waals surface area contributed by atoms with Crippen molar-refractivity contribution in [3.05, 3.63) is 12.2 Å². The summed E-state index contributed by atoms with van der Waals surface area (Å²) in [6.45, 7) is 3.08. The van der Waals surface area contributed by atoms with Gasteiger partial charge in [-0.15, -0.1) is 0 Å². The lowest BCUT2D eigenvalue weighted by Gasteiger charge is -2.41. The Morgan fingerprint density at radius 1 is 0.667 bits per heavy atom. The van der Waals surface area contributed by atoms with Gasteiger partial charge in [0.2, 0.25) is 0 Å². The molecule has 0 bridgehead atoms. The fourth-order valence-corrected chi connectivity index (χ4v) is 5.79. The van der Waals surface area contributed by atoms with Crippen LogP contribution in [0.4, 0.5) is 0 Å². The minimum atomic E-state index is -5.09. The number of carbonyl (C=O) groups is 2. The van der Waals surface area contributed by atoms with Crippen LogP contribution in [-0.4, -0.2) is 98.3 Å². The van der Waals surface area contributed by atoms with E-state index in [2.05, 4.69) is 26.0 Å². The van der Waals surface area contributed by atoms with Crippen molar-refractivity contribution >= 4 is 19.8 Å². The Morgan fingerprint density at radius 3 is 1.78 bits per heavy atom. The molecule has 0 aromatic rings. The van der Waals surface area contributed by atoms with Gasteiger partial charge >= 0.3 is 19.8 Å². The molecule has 6 N–H and O–H groups in total. The molecule has 6 unspecified atom stereocenters. The highest BCUT2D eigenvalue weighted by Gasteiger charge is 2.51. The topological polar surface area (TPSA) is 210 Å². The average molecular weight is 669 g/mol. The fourth-order valence-electron chi connectivity index (χ4n) is 4.82. The van der Waals surface area contributed by atoms with Crippen molar-refractivity contribution in [2.45, 2.75) is 159 Å². The molecule has 0 heterocycles. The molecule has 13 nitrogen and oxygen atoms in total. The van der Waals surface area contributed by atoms with Crippen molar-refractivity contribution in [2.24, 2.45) is 0 Å². The van der Waals surface area contributed by atoms with Gasteiger partial charge in [-0.25, -0.2) is 4.57 Å². The van der Waals surface area contributed by atoms with Crippen molar-refractivity contribution in [3.8, 4) is 0 Å². The third kappa shape index (κ3) is 17.9. The monoisotopic (exact) mass is 668 g/mol. The van der Waals surface area contributed by atoms with Gasteiger partial charge in [-0.2, -0.15) is 0 Å². The minimum absolute atomic E-state index is 0.0878. The van der Waals surface area contributed by atoms with Gasteiger partial charge in [0.05, 0.1) is 6.61 Å². The van der Waals surface area contributed by atoms with E-state index < -0.39 is 75.7 Å². The summed E-state index contributed by atoms with van der Waals surface area (Å²) in [5.74, 6) is -1.13. The Kier molecular flexibility index (Phi) is 22.0. The first-order chi connectivity index (χ1) is 21.4. The smallest absolute Gasteiger partial charge is 0.462 e. The van der Waals surface area contributed by atoms with E-state index in [1.165, 1.54) is 0 Å². The quantitative estimate of drug-likeness (QED) is 0.0356. The van der Waals surface area contributed by atoms with Crippen LogP contribution in [0.2, 0.25) is 0 Å². The highest BCUT2D eigenvalue weighted by atomic mass is 31.2. The van der Waals surface area contributed by atoms with E-state index in [0.717, 1.165) is 77.0 Å². The summed E-state index contributed by atoms with van der Waals surface area (Å²) >= 11 is 0. The number of phosphoric acid groups is 1. The molecule has 0 aromatic heterocycles. The molecule has 1 fully saturated rings. The van der Waals surface area contributed by atoms with E-state index in [4.69, 9.17) is 18.5 Å². The Morgan fingerprint density at radius 2 is 1.18 bits per heavy atom. The molecule has 1 saturated carbocycles. The van der Waals surface area contributed by atoms with Crippen LogP contribution in [0, 0.1) is 0 Å². The van der Waals surface area contributed by atoms with E-state index in [1.54, 1.807) is 0 Å². The summed E-state index contributed by atoms with van der Waals surface area (Å²) < 4.78 is 33.0. The first kappa shape index (κ1) is 41.6. The molecule has 14 heteroatoms. The second kappa shape index (κ2) is 23.8. The van der Waals surface area contributed by atoms with Crippen LogP contribution in [0.1, 0.15) is 117 Å². The van der Waals surface area contributed by atoms with Crippen molar-refractivity contribution in [2.75, 3.05) is 13.2 Å². The summed E-state index contributed by atoms with van der Waals surface area (Å²) in [5, 5.41) is 49.6. The second-order valence-electron chi connectivity index (χ2n) is 11.7. The molecule has 0 saturated heterocycles. The highest BCUT2D eigenvalue weighted by Crippen LogP contribution is 2.47. The van der Waals surface area contributed by atoms with E-state index in [1.807, 2.05) is 0 Å². The third-order valence-electron chi connectivity index (χ3n) is 7.59. The molecule has 0 aromatic carbocycles. The first-order valence-electron chi connectivity index (χ1n) is 16.5. The van der Waals surface area contributed by atoms with Gasteiger partial charge in [0, 0.05) is 12.8 Å². The summed E-state index contributed by atoms with van der Waals surface area (Å²) in [4.78, 5) is 35.0. The van der Waals surface area contributed by atoms with Crippen LogP contribution in [0.15, 0.2) is 12.2 Å². The predicted molar refractivity (Wildman–Crippen MR) is 166 cm³/mol. The van der Waals surface area contributed by atoms with Crippen molar-refractivity contribution < 1.29 is 63.1 Å². The number of allylic oxidation sites excluding steroid dienone is 2. The lowest BCUT2D eigenvalue weighted by Crippen LogP contribution is -2.64. The normalized spacial score (nSPS) is 25.6. The Balaban J connectivity index is 2.63. The Hall–Kier alpha value is -1.41. The second-order valence-corrected chi connectivity index (χ2v) is 13.1. The predicted octanol–water partition coefficient (Wildman–Crippen LogP) is 3.60. The molecule has 45 heavy (non-hydrogen) atoms. The number of ether oxygens (including phenoxy) is 2. The molecule has 6 atom stereocenters. The maximum Gasteiger partial charge on any atom is 0.472 e. The molecule has 0 amide bonds. The molecular formula is C31H57O13P. The summed E-state index contributed by atoms with van der Waals surface area (Å²) in [6.07, 6.45) is 5.01. The third-order valence-corrected chi connectivity index (χ3v) is 8.57. The van der Waals surface area contributed by atoms with Gasteiger partial charge < -0.3 is 39.9 Å². The molecule has 1 aliphatic carbocycles. The van der Waals surface area contributed by atoms with Gasteiger partial charge in [0.25, 0.3) is 0 Å². The van der Waals surface area contributed by atoms with Crippen LogP contribution >= 0.6 is 7.82 Å². The van der Waals surface area contributed by atoms with Gasteiger partial charge in [-0.1, -0.05) is 83.8 Å². The number of phosphoric ester groups is 1. The Labute approximate surface area is 267 Å². The number of carbonyl (C=O) groups excluding carboxylic acids is 2. The van der Waals surface area contributed by atoms with Crippen molar-refractivity contribution in [3.63, 3.8) is 0 Å². The van der Waals surface area contributed by atoms with Gasteiger partial charge in [-0.05, 0) is 32.1 Å². The lowest BCUT2D eigenvalue weighted by atomic mass is 9.85. The fraction of sp³-hybridized carbons (Fsp3) is 0.871. The van der Waals surface area contributed by atoms with Crippen LogP contribution in [0.5, 0.6) is 0 Å². The van der Waals surface area contributed by atoms with E-state index in [9.17, 15) is 44.6 Å². The van der Waals surface area contributed by atoms with E-state index >= 15 is 0 Å². The lowest BCUT2D eigenvalue weighted by molar-refractivity contribution is -0.220. The zero-order valence-corrected chi connectivity index (χ0v) is 27.8. The minimum Gasteiger partial charge on any atom is -0.462 e. The van der Waals surface area contributed by atoms with Gasteiger partial charge in [0.1, 0.15) is 43.2 Å². The van der Waals surface area contributed by atoms with Crippen molar-refractivity contribution in [1.82, 2.24) is 0 Å². The van der Waals surface area contributed by atoms with E-state index in [-0.39, 0.29) is 12.8 Å². The van der Waals surface area contributed by atoms with Crippen molar-refractivity contribution in [1.29, 1.82) is 0 Å². The standard InChI is InChI=1S/C31H57O13P/c1-3-5-7-9-11-12-13-14-16-18-20-25(33)43-23(21-41-24(32)19-17-15-10-8-6-4-2)22-42-45(39,40)44-31-29(37)27(35)26(34)28(36)30(31)38/h7,9,23,26-31,34-38H,3-6,8,10-22H2,1-2H3,(H,39,40)/b9-7-. The number of aliphatic hydroxyl groups is 5. The van der Waals surface area contributed by atoms with Crippen LogP contribution < -0.4 is 0 Å². The number of hydrogen-bond donors (Lipinski definition) is 6. The number of hydrogen-bond acceptors (Lipinski definition) is 12. The highest BCUT2D eigenvalue weighted by molar-refractivity contribution is 7.47. The summed E-state index contributed by atoms with van der Waals surface area (Å²) in [5.41, 5.74) is 0. The van der Waals surface area contributed by atoms with E-state index in [0.29, 0.717) is 12.8 Å². The summed E-state index contributed by atoms with van der Waals surface area (Å²) in [6, 6.07) is 0. The maximum atomic E-state index is 12.6. The number of unbranched alkanes of at least 4 members (excludes halogenated alkanes) is 11. The largest absolute Gasteiger partial charge is 0.472 e. The Bertz CT molecular complexity index is 870. The zero-order valence-electron chi connectivity index (χ0n) is 26.9. The van der Waals surface area contributed by atoms with Crippen LogP contribution in [-0.2, 0) is 32.7 Å². The molecule has 0 spiro atoms. The van der Waals surface area contributed by atoms with Crippen LogP contribution in [0.3, 0.4) is 0 Å². The molecule has 0 aliphatic heterocycles. The molecule has 0 radical (unpaired) electrons. The first-order valence-corrected chi connectivity index (χ1v) is 18.0. The average Bonchev–Trinajstić information content (AvgIpc) is 3.01. The van der Waals surface area contributed by atoms with Gasteiger partial charge in [-0.3, -0.25) is 18.6 Å². The summed E-state index contributed by atoms with van der Waals surface area (Å²) in [7, 11) is -5.09. The number of esters is 2. The molecule has 1 aliphatic rings. The number of aliphatic hydroxyl groups excluding tert-OH is 5. The molecule has 264 valence electrons. The molecular weight excluding hydrogens is 611 g/mol. The SMILES string of the molecule is CCC/C=C\CCCCCCCC(=O)OC(COC(=O)CCCCCCCC)COP(=O)(O)OC1C(O)C(O)C(O)C(O)C1O. The van der Waals surface area contributed by atoms with Gasteiger partial charge in [0.15, 0.2) is 6.10 Å². The number of rotatable bonds is 25. The molecule has 1 rings (SSSR count).